The first-order chi connectivity index (χ1) is 6.63. The number of hydrogen-bond donors (Lipinski definition) is 1. The molecule has 0 heterocycles. The molecule has 1 aromatic rings. The summed E-state index contributed by atoms with van der Waals surface area (Å²) in [5.74, 6) is -0.246. The Morgan fingerprint density at radius 2 is 2.36 bits per heavy atom. The Morgan fingerprint density at radius 1 is 1.64 bits per heavy atom. The van der Waals surface area contributed by atoms with Gasteiger partial charge in [0.1, 0.15) is 5.82 Å². The van der Waals surface area contributed by atoms with E-state index in [9.17, 15) is 9.18 Å². The number of nitrogens with one attached hydrogen (secondary N) is 1. The second-order valence-corrected chi connectivity index (χ2v) is 3.88. The Balaban J connectivity index is 2.68. The lowest BCUT2D eigenvalue weighted by Gasteiger charge is -2.04. The Morgan fingerprint density at radius 3 is 2.93 bits per heavy atom. The second kappa shape index (κ2) is 5.22. The largest absolute Gasteiger partial charge is 0.325 e. The fourth-order valence-electron chi connectivity index (χ4n) is 0.902. The van der Waals surface area contributed by atoms with Crippen LogP contribution < -0.4 is 5.32 Å². The van der Waals surface area contributed by atoms with Gasteiger partial charge in [0.25, 0.3) is 0 Å². The zero-order chi connectivity index (χ0) is 10.6. The summed E-state index contributed by atoms with van der Waals surface area (Å²) in [6.45, 7) is 0. The molecular formula is C9H9ClFNOS. The number of carbonyl (C=O) groups excluding carboxylic acids is 1. The van der Waals surface area contributed by atoms with E-state index < -0.39 is 5.82 Å². The zero-order valence-electron chi connectivity index (χ0n) is 7.51. The van der Waals surface area contributed by atoms with Gasteiger partial charge in [-0.25, -0.2) is 4.39 Å². The average molecular weight is 234 g/mol. The Kier molecular flexibility index (Phi) is 4.22. The summed E-state index contributed by atoms with van der Waals surface area (Å²) in [6, 6.07) is 4.07. The lowest BCUT2D eigenvalue weighted by Crippen LogP contribution is -2.13. The van der Waals surface area contributed by atoms with Crippen LogP contribution in [0.4, 0.5) is 10.1 Å². The van der Waals surface area contributed by atoms with E-state index in [0.29, 0.717) is 11.4 Å². The molecule has 1 amide bonds. The molecule has 5 heteroatoms. The van der Waals surface area contributed by atoms with Gasteiger partial charge in [-0.05, 0) is 24.5 Å². The monoisotopic (exact) mass is 233 g/mol. The van der Waals surface area contributed by atoms with Crippen molar-refractivity contribution in [3.8, 4) is 0 Å². The van der Waals surface area contributed by atoms with E-state index in [1.807, 2.05) is 6.26 Å². The fourth-order valence-corrected chi connectivity index (χ4v) is 1.42. The maximum Gasteiger partial charge on any atom is 0.234 e. The normalized spacial score (nSPS) is 9.93. The summed E-state index contributed by atoms with van der Waals surface area (Å²) in [4.78, 5) is 11.1. The minimum absolute atomic E-state index is 0.00644. The molecule has 0 saturated carbocycles. The van der Waals surface area contributed by atoms with Gasteiger partial charge in [0, 0.05) is 5.69 Å². The molecule has 0 atom stereocenters. The molecule has 0 aliphatic heterocycles. The molecular weight excluding hydrogens is 225 g/mol. The molecule has 0 unspecified atom stereocenters. The van der Waals surface area contributed by atoms with Crippen molar-refractivity contribution in [2.45, 2.75) is 0 Å². The highest BCUT2D eigenvalue weighted by Crippen LogP contribution is 2.19. The van der Waals surface area contributed by atoms with Crippen LogP contribution in [0, 0.1) is 5.82 Å². The van der Waals surface area contributed by atoms with Crippen LogP contribution >= 0.6 is 23.4 Å². The zero-order valence-corrected chi connectivity index (χ0v) is 9.08. The number of rotatable bonds is 3. The van der Waals surface area contributed by atoms with Crippen LogP contribution in [0.2, 0.25) is 5.02 Å². The molecule has 1 rings (SSSR count). The molecule has 1 N–H and O–H groups in total. The molecule has 0 bridgehead atoms. The van der Waals surface area contributed by atoms with Crippen molar-refractivity contribution < 1.29 is 9.18 Å². The minimum Gasteiger partial charge on any atom is -0.325 e. The predicted molar refractivity (Wildman–Crippen MR) is 58.4 cm³/mol. The topological polar surface area (TPSA) is 29.1 Å². The molecule has 0 fully saturated rings. The van der Waals surface area contributed by atoms with Gasteiger partial charge in [0.15, 0.2) is 0 Å². The fraction of sp³-hybridized carbons (Fsp3) is 0.222. The van der Waals surface area contributed by atoms with Crippen molar-refractivity contribution in [2.75, 3.05) is 17.3 Å². The van der Waals surface area contributed by atoms with Gasteiger partial charge in [-0.2, -0.15) is 11.8 Å². The van der Waals surface area contributed by atoms with Crippen molar-refractivity contribution in [3.05, 3.63) is 29.0 Å². The molecule has 1 aromatic carbocycles. The molecule has 0 aromatic heterocycles. The molecule has 0 saturated heterocycles. The Labute approximate surface area is 90.8 Å². The first-order valence-electron chi connectivity index (χ1n) is 3.87. The molecule has 14 heavy (non-hydrogen) atoms. The van der Waals surface area contributed by atoms with Crippen LogP contribution in [0.5, 0.6) is 0 Å². The standard InChI is InChI=1S/C9H9ClFNOS/c1-14-5-9(13)12-6-2-3-8(11)7(10)4-6/h2-4H,5H2,1H3,(H,12,13). The van der Waals surface area contributed by atoms with Gasteiger partial charge in [0.2, 0.25) is 5.91 Å². The van der Waals surface area contributed by atoms with Gasteiger partial charge in [0.05, 0.1) is 10.8 Å². The van der Waals surface area contributed by atoms with Gasteiger partial charge < -0.3 is 5.32 Å². The van der Waals surface area contributed by atoms with E-state index in [2.05, 4.69) is 5.32 Å². The van der Waals surface area contributed by atoms with E-state index in [-0.39, 0.29) is 10.9 Å². The van der Waals surface area contributed by atoms with Gasteiger partial charge in [-0.1, -0.05) is 11.6 Å². The number of anilines is 1. The van der Waals surface area contributed by atoms with E-state index in [4.69, 9.17) is 11.6 Å². The minimum atomic E-state index is -0.491. The van der Waals surface area contributed by atoms with E-state index in [1.165, 1.54) is 30.0 Å². The van der Waals surface area contributed by atoms with Crippen molar-refractivity contribution >= 4 is 35.0 Å². The molecule has 2 nitrogen and oxygen atoms in total. The third kappa shape index (κ3) is 3.20. The number of halogens is 2. The van der Waals surface area contributed by atoms with Crippen LogP contribution in [0.1, 0.15) is 0 Å². The number of benzene rings is 1. The van der Waals surface area contributed by atoms with E-state index in [0.717, 1.165) is 0 Å². The summed E-state index contributed by atoms with van der Waals surface area (Å²) < 4.78 is 12.7. The summed E-state index contributed by atoms with van der Waals surface area (Å²) >= 11 is 6.96. The summed E-state index contributed by atoms with van der Waals surface area (Å²) in [6.07, 6.45) is 1.83. The highest BCUT2D eigenvalue weighted by Gasteiger charge is 2.03. The third-order valence-electron chi connectivity index (χ3n) is 1.48. The number of carbonyl (C=O) groups is 1. The van der Waals surface area contributed by atoms with E-state index in [1.54, 1.807) is 0 Å². The molecule has 0 aliphatic rings. The highest BCUT2D eigenvalue weighted by atomic mass is 35.5. The first kappa shape index (κ1) is 11.3. The van der Waals surface area contributed by atoms with Gasteiger partial charge in [-0.15, -0.1) is 0 Å². The van der Waals surface area contributed by atoms with E-state index >= 15 is 0 Å². The first-order valence-corrected chi connectivity index (χ1v) is 5.64. The number of amides is 1. The second-order valence-electron chi connectivity index (χ2n) is 2.61. The Bertz CT molecular complexity index is 346. The van der Waals surface area contributed by atoms with Gasteiger partial charge in [-0.3, -0.25) is 4.79 Å². The smallest absolute Gasteiger partial charge is 0.234 e. The predicted octanol–water partition coefficient (Wildman–Crippen LogP) is 2.78. The highest BCUT2D eigenvalue weighted by molar-refractivity contribution is 7.99. The van der Waals surface area contributed by atoms with Crippen molar-refractivity contribution in [3.63, 3.8) is 0 Å². The van der Waals surface area contributed by atoms with Crippen molar-refractivity contribution in [1.29, 1.82) is 0 Å². The van der Waals surface area contributed by atoms with Crippen LogP contribution in [0.25, 0.3) is 0 Å². The number of hydrogen-bond acceptors (Lipinski definition) is 2. The van der Waals surface area contributed by atoms with Crippen LogP contribution in [-0.4, -0.2) is 17.9 Å². The number of thioether (sulfide) groups is 1. The lowest BCUT2D eigenvalue weighted by atomic mass is 10.3. The van der Waals surface area contributed by atoms with Crippen LogP contribution in [0.3, 0.4) is 0 Å². The summed E-state index contributed by atoms with van der Waals surface area (Å²) in [7, 11) is 0. The maximum atomic E-state index is 12.7. The van der Waals surface area contributed by atoms with Crippen LogP contribution in [-0.2, 0) is 4.79 Å². The Hall–Kier alpha value is -0.740. The molecule has 76 valence electrons. The molecule has 0 spiro atoms. The molecule has 0 aliphatic carbocycles. The third-order valence-corrected chi connectivity index (χ3v) is 2.32. The molecule has 0 radical (unpaired) electrons. The van der Waals surface area contributed by atoms with Crippen molar-refractivity contribution in [2.24, 2.45) is 0 Å². The SMILES string of the molecule is CSCC(=O)Nc1ccc(F)c(Cl)c1. The quantitative estimate of drug-likeness (QED) is 0.870. The van der Waals surface area contributed by atoms with Crippen molar-refractivity contribution in [1.82, 2.24) is 0 Å². The average Bonchev–Trinajstić information content (AvgIpc) is 2.12. The summed E-state index contributed by atoms with van der Waals surface area (Å²) in [5, 5.41) is 2.61. The summed E-state index contributed by atoms with van der Waals surface area (Å²) in [5.41, 5.74) is 0.510. The lowest BCUT2D eigenvalue weighted by molar-refractivity contribution is -0.113. The van der Waals surface area contributed by atoms with Crippen LogP contribution in [0.15, 0.2) is 18.2 Å². The maximum absolute atomic E-state index is 12.7. The van der Waals surface area contributed by atoms with Gasteiger partial charge >= 0.3 is 0 Å².